The zero-order valence-electron chi connectivity index (χ0n) is 15.2. The van der Waals surface area contributed by atoms with Crippen LogP contribution < -0.4 is 9.64 Å². The maximum atomic E-state index is 13.4. The highest BCUT2D eigenvalue weighted by atomic mass is 19.1. The van der Waals surface area contributed by atoms with E-state index in [0.29, 0.717) is 28.5 Å². The lowest BCUT2D eigenvalue weighted by molar-refractivity contribution is -0.113. The SMILES string of the molecule is COc1ccccc1C1=N/C(=C/c2ccccc2)C(=O)N1c1ccc(F)cc1. The summed E-state index contributed by atoms with van der Waals surface area (Å²) in [6, 6.07) is 22.6. The molecule has 0 saturated carbocycles. The molecule has 1 aliphatic heterocycles. The molecule has 0 aromatic heterocycles. The molecule has 0 N–H and O–H groups in total. The topological polar surface area (TPSA) is 41.9 Å². The van der Waals surface area contributed by atoms with Crippen LogP contribution in [0.4, 0.5) is 10.1 Å². The average molecular weight is 372 g/mol. The third-order valence-electron chi connectivity index (χ3n) is 4.40. The van der Waals surface area contributed by atoms with Gasteiger partial charge in [-0.3, -0.25) is 9.69 Å². The highest BCUT2D eigenvalue weighted by molar-refractivity contribution is 6.33. The van der Waals surface area contributed by atoms with Crippen molar-refractivity contribution >= 4 is 23.5 Å². The van der Waals surface area contributed by atoms with Gasteiger partial charge in [0.25, 0.3) is 5.91 Å². The molecule has 1 aliphatic rings. The minimum absolute atomic E-state index is 0.281. The smallest absolute Gasteiger partial charge is 0.282 e. The minimum Gasteiger partial charge on any atom is -0.496 e. The number of carbonyl (C=O) groups is 1. The van der Waals surface area contributed by atoms with Crippen LogP contribution in [0.1, 0.15) is 11.1 Å². The second-order valence-electron chi connectivity index (χ2n) is 6.19. The van der Waals surface area contributed by atoms with Crippen LogP contribution in [0.3, 0.4) is 0 Å². The van der Waals surface area contributed by atoms with Crippen LogP contribution in [0.2, 0.25) is 0 Å². The van der Waals surface area contributed by atoms with Gasteiger partial charge in [-0.1, -0.05) is 42.5 Å². The summed E-state index contributed by atoms with van der Waals surface area (Å²) >= 11 is 0. The lowest BCUT2D eigenvalue weighted by Gasteiger charge is -2.19. The molecule has 0 atom stereocenters. The number of nitrogens with zero attached hydrogens (tertiary/aromatic N) is 2. The first-order valence-electron chi connectivity index (χ1n) is 8.76. The molecule has 1 amide bonds. The van der Waals surface area contributed by atoms with Gasteiger partial charge < -0.3 is 4.74 Å². The van der Waals surface area contributed by atoms with Crippen LogP contribution in [0.15, 0.2) is 89.6 Å². The number of anilines is 1. The Hall–Kier alpha value is -3.73. The molecule has 0 fully saturated rings. The van der Waals surface area contributed by atoms with Gasteiger partial charge >= 0.3 is 0 Å². The number of hydrogen-bond donors (Lipinski definition) is 0. The van der Waals surface area contributed by atoms with E-state index in [1.807, 2.05) is 54.6 Å². The quantitative estimate of drug-likeness (QED) is 0.625. The van der Waals surface area contributed by atoms with Gasteiger partial charge in [0.05, 0.1) is 18.4 Å². The Bertz CT molecular complexity index is 1070. The molecular formula is C23H17FN2O2. The van der Waals surface area contributed by atoms with Crippen molar-refractivity contribution in [1.82, 2.24) is 0 Å². The van der Waals surface area contributed by atoms with Crippen molar-refractivity contribution in [3.05, 3.63) is 102 Å². The summed E-state index contributed by atoms with van der Waals surface area (Å²) in [5.74, 6) is 0.390. The number of aliphatic imine (C=N–C) groups is 1. The summed E-state index contributed by atoms with van der Waals surface area (Å²) in [6.07, 6.45) is 1.74. The third kappa shape index (κ3) is 3.30. The molecule has 0 bridgehead atoms. The van der Waals surface area contributed by atoms with Crippen molar-refractivity contribution in [3.63, 3.8) is 0 Å². The van der Waals surface area contributed by atoms with E-state index in [2.05, 4.69) is 4.99 Å². The van der Waals surface area contributed by atoms with Gasteiger partial charge in [-0.15, -0.1) is 0 Å². The first-order valence-corrected chi connectivity index (χ1v) is 8.76. The molecule has 1 heterocycles. The Morgan fingerprint density at radius 1 is 0.929 bits per heavy atom. The zero-order chi connectivity index (χ0) is 19.5. The number of para-hydroxylation sites is 1. The van der Waals surface area contributed by atoms with Crippen LogP contribution >= 0.6 is 0 Å². The van der Waals surface area contributed by atoms with Crippen molar-refractivity contribution in [1.29, 1.82) is 0 Å². The molecule has 0 spiro atoms. The van der Waals surface area contributed by atoms with E-state index < -0.39 is 0 Å². The number of ether oxygens (including phenoxy) is 1. The van der Waals surface area contributed by atoms with Crippen molar-refractivity contribution in [2.45, 2.75) is 0 Å². The van der Waals surface area contributed by atoms with Crippen molar-refractivity contribution in [2.24, 2.45) is 4.99 Å². The molecule has 3 aromatic rings. The number of hydrogen-bond acceptors (Lipinski definition) is 3. The van der Waals surface area contributed by atoms with Crippen LogP contribution in [0.25, 0.3) is 6.08 Å². The van der Waals surface area contributed by atoms with Gasteiger partial charge in [0.2, 0.25) is 0 Å². The molecule has 4 nitrogen and oxygen atoms in total. The number of methoxy groups -OCH3 is 1. The van der Waals surface area contributed by atoms with E-state index in [1.165, 1.54) is 17.0 Å². The standard InChI is InChI=1S/C23H17FN2O2/c1-28-21-10-6-5-9-19(21)22-25-20(15-16-7-3-2-4-8-16)23(27)26(22)18-13-11-17(24)12-14-18/h2-15H,1H3/b20-15+. The summed E-state index contributed by atoms with van der Waals surface area (Å²) in [4.78, 5) is 19.3. The summed E-state index contributed by atoms with van der Waals surface area (Å²) in [6.45, 7) is 0. The first kappa shape index (κ1) is 17.7. The zero-order valence-corrected chi connectivity index (χ0v) is 15.2. The Morgan fingerprint density at radius 2 is 1.61 bits per heavy atom. The predicted molar refractivity (Wildman–Crippen MR) is 108 cm³/mol. The minimum atomic E-state index is -0.369. The fraction of sp³-hybridized carbons (Fsp3) is 0.0435. The van der Waals surface area contributed by atoms with E-state index in [0.717, 1.165) is 5.56 Å². The maximum absolute atomic E-state index is 13.4. The average Bonchev–Trinajstić information content (AvgIpc) is 3.05. The molecule has 4 rings (SSSR count). The van der Waals surface area contributed by atoms with Crippen molar-refractivity contribution in [3.8, 4) is 5.75 Å². The van der Waals surface area contributed by atoms with Gasteiger partial charge in [0.15, 0.2) is 5.84 Å². The van der Waals surface area contributed by atoms with Crippen LogP contribution in [-0.2, 0) is 4.79 Å². The molecule has 0 aliphatic carbocycles. The van der Waals surface area contributed by atoms with Crippen LogP contribution in [-0.4, -0.2) is 18.9 Å². The number of amides is 1. The molecule has 28 heavy (non-hydrogen) atoms. The molecule has 0 radical (unpaired) electrons. The lowest BCUT2D eigenvalue weighted by Crippen LogP contribution is -2.32. The Morgan fingerprint density at radius 3 is 2.32 bits per heavy atom. The second-order valence-corrected chi connectivity index (χ2v) is 6.19. The molecule has 0 saturated heterocycles. The summed E-state index contributed by atoms with van der Waals surface area (Å²) in [5, 5.41) is 0. The van der Waals surface area contributed by atoms with Gasteiger partial charge in [0.1, 0.15) is 17.3 Å². The molecule has 5 heteroatoms. The van der Waals surface area contributed by atoms with Gasteiger partial charge in [-0.25, -0.2) is 9.38 Å². The number of halogens is 1. The fourth-order valence-electron chi connectivity index (χ4n) is 3.06. The van der Waals surface area contributed by atoms with Crippen molar-refractivity contribution < 1.29 is 13.9 Å². The fourth-order valence-corrected chi connectivity index (χ4v) is 3.06. The van der Waals surface area contributed by atoms with E-state index >= 15 is 0 Å². The monoisotopic (exact) mass is 372 g/mol. The number of rotatable bonds is 4. The maximum Gasteiger partial charge on any atom is 0.282 e. The van der Waals surface area contributed by atoms with Crippen LogP contribution in [0.5, 0.6) is 5.75 Å². The predicted octanol–water partition coefficient (Wildman–Crippen LogP) is 4.67. The molecule has 0 unspecified atom stereocenters. The molecular weight excluding hydrogens is 355 g/mol. The van der Waals surface area contributed by atoms with E-state index in [-0.39, 0.29) is 11.7 Å². The summed E-state index contributed by atoms with van der Waals surface area (Å²) in [5.41, 5.74) is 2.39. The van der Waals surface area contributed by atoms with Crippen LogP contribution in [0, 0.1) is 5.82 Å². The Balaban J connectivity index is 1.86. The van der Waals surface area contributed by atoms with Gasteiger partial charge in [-0.05, 0) is 48.0 Å². The molecule has 138 valence electrons. The number of carbonyl (C=O) groups excluding carboxylic acids is 1. The largest absolute Gasteiger partial charge is 0.496 e. The lowest BCUT2D eigenvalue weighted by atomic mass is 10.1. The second kappa shape index (κ2) is 7.48. The molecule has 3 aromatic carbocycles. The highest BCUT2D eigenvalue weighted by Crippen LogP contribution is 2.31. The summed E-state index contributed by atoms with van der Waals surface area (Å²) in [7, 11) is 1.57. The van der Waals surface area contributed by atoms with Gasteiger partial charge in [-0.2, -0.15) is 0 Å². The third-order valence-corrected chi connectivity index (χ3v) is 4.40. The van der Waals surface area contributed by atoms with Gasteiger partial charge in [0, 0.05) is 0 Å². The number of amidine groups is 1. The van der Waals surface area contributed by atoms with E-state index in [4.69, 9.17) is 4.74 Å². The Labute approximate surface area is 162 Å². The Kier molecular flexibility index (Phi) is 4.72. The number of benzene rings is 3. The van der Waals surface area contributed by atoms with Crippen molar-refractivity contribution in [2.75, 3.05) is 12.0 Å². The van der Waals surface area contributed by atoms with E-state index in [1.54, 1.807) is 25.3 Å². The first-order chi connectivity index (χ1) is 13.7. The highest BCUT2D eigenvalue weighted by Gasteiger charge is 2.33. The van der Waals surface area contributed by atoms with E-state index in [9.17, 15) is 9.18 Å². The summed E-state index contributed by atoms with van der Waals surface area (Å²) < 4.78 is 18.9. The normalized spacial score (nSPS) is 15.1.